The molecule has 1 aliphatic heterocycles. The summed E-state index contributed by atoms with van der Waals surface area (Å²) in [4.78, 5) is 12.8. The summed E-state index contributed by atoms with van der Waals surface area (Å²) in [7, 11) is -3.63. The Bertz CT molecular complexity index is 988. The molecule has 0 spiro atoms. The number of amides is 1. The minimum absolute atomic E-state index is 0.0328. The minimum Gasteiger partial charge on any atom is -0.508 e. The number of hydrogen-bond acceptors (Lipinski definition) is 4. The predicted molar refractivity (Wildman–Crippen MR) is 113 cm³/mol. The second kappa shape index (κ2) is 8.97. The summed E-state index contributed by atoms with van der Waals surface area (Å²) >= 11 is 0. The van der Waals surface area contributed by atoms with Crippen molar-refractivity contribution in [2.75, 3.05) is 13.1 Å². The fourth-order valence-electron chi connectivity index (χ4n) is 3.70. The van der Waals surface area contributed by atoms with Crippen LogP contribution in [0.15, 0.2) is 47.4 Å². The highest BCUT2D eigenvalue weighted by molar-refractivity contribution is 7.89. The van der Waals surface area contributed by atoms with Crippen LogP contribution in [0.2, 0.25) is 0 Å². The number of nitrogens with one attached hydrogen (secondary N) is 1. The SMILES string of the molecule is Cc1ccc(S(=O)(=O)N2CCCCC2C)cc1C(=O)NCCc1cccc(O)c1. The Balaban J connectivity index is 1.73. The number of aromatic hydroxyl groups is 1. The summed E-state index contributed by atoms with van der Waals surface area (Å²) in [5.74, 6) is -0.110. The van der Waals surface area contributed by atoms with Gasteiger partial charge in [0.05, 0.1) is 4.90 Å². The molecule has 0 radical (unpaired) electrons. The van der Waals surface area contributed by atoms with Gasteiger partial charge in [-0.1, -0.05) is 24.6 Å². The van der Waals surface area contributed by atoms with Crippen molar-refractivity contribution < 1.29 is 18.3 Å². The number of piperidine rings is 1. The van der Waals surface area contributed by atoms with Crippen LogP contribution in [-0.4, -0.2) is 42.9 Å². The Labute approximate surface area is 172 Å². The van der Waals surface area contributed by atoms with Crippen LogP contribution in [0.4, 0.5) is 0 Å². The first-order valence-corrected chi connectivity index (χ1v) is 11.4. The molecule has 3 rings (SSSR count). The van der Waals surface area contributed by atoms with E-state index in [0.29, 0.717) is 25.1 Å². The maximum Gasteiger partial charge on any atom is 0.251 e. The standard InChI is InChI=1S/C22H28N2O4S/c1-16-9-10-20(29(27,28)24-13-4-3-6-17(24)2)15-21(16)22(26)23-12-11-18-7-5-8-19(25)14-18/h5,7-10,14-15,17,25H,3-4,6,11-13H2,1-2H3,(H,23,26). The number of aryl methyl sites for hydroxylation is 1. The lowest BCUT2D eigenvalue weighted by Gasteiger charge is -2.32. The molecule has 156 valence electrons. The van der Waals surface area contributed by atoms with Gasteiger partial charge in [-0.05, 0) is 68.5 Å². The highest BCUT2D eigenvalue weighted by Gasteiger charge is 2.31. The van der Waals surface area contributed by atoms with Gasteiger partial charge < -0.3 is 10.4 Å². The van der Waals surface area contributed by atoms with Gasteiger partial charge >= 0.3 is 0 Å². The molecule has 1 heterocycles. The fourth-order valence-corrected chi connectivity index (χ4v) is 5.42. The highest BCUT2D eigenvalue weighted by Crippen LogP contribution is 2.26. The largest absolute Gasteiger partial charge is 0.508 e. The number of nitrogens with zero attached hydrogens (tertiary/aromatic N) is 1. The molecule has 0 aliphatic carbocycles. The number of carbonyl (C=O) groups excluding carboxylic acids is 1. The summed E-state index contributed by atoms with van der Waals surface area (Å²) < 4.78 is 27.7. The average molecular weight is 417 g/mol. The molecular formula is C22H28N2O4S. The van der Waals surface area contributed by atoms with E-state index in [1.54, 1.807) is 41.6 Å². The summed E-state index contributed by atoms with van der Waals surface area (Å²) in [6.07, 6.45) is 3.32. The molecule has 0 aromatic heterocycles. The van der Waals surface area contributed by atoms with Crippen LogP contribution in [0.3, 0.4) is 0 Å². The van der Waals surface area contributed by atoms with E-state index in [1.807, 2.05) is 13.0 Å². The lowest BCUT2D eigenvalue weighted by atomic mass is 10.1. The zero-order valence-corrected chi connectivity index (χ0v) is 17.7. The maximum atomic E-state index is 13.1. The monoisotopic (exact) mass is 416 g/mol. The smallest absolute Gasteiger partial charge is 0.251 e. The minimum atomic E-state index is -3.63. The second-order valence-electron chi connectivity index (χ2n) is 7.61. The number of rotatable bonds is 6. The Kier molecular flexibility index (Phi) is 6.59. The van der Waals surface area contributed by atoms with Crippen LogP contribution in [-0.2, 0) is 16.4 Å². The van der Waals surface area contributed by atoms with Gasteiger partial charge in [0.15, 0.2) is 0 Å². The lowest BCUT2D eigenvalue weighted by Crippen LogP contribution is -2.42. The van der Waals surface area contributed by atoms with Crippen molar-refractivity contribution in [2.24, 2.45) is 0 Å². The summed E-state index contributed by atoms with van der Waals surface area (Å²) in [6.45, 7) is 4.63. The summed E-state index contributed by atoms with van der Waals surface area (Å²) in [5, 5.41) is 12.4. The Morgan fingerprint density at radius 2 is 2.00 bits per heavy atom. The van der Waals surface area contributed by atoms with E-state index in [-0.39, 0.29) is 22.6 Å². The van der Waals surface area contributed by atoms with Crippen LogP contribution in [0.25, 0.3) is 0 Å². The lowest BCUT2D eigenvalue weighted by molar-refractivity contribution is 0.0953. The van der Waals surface area contributed by atoms with Crippen LogP contribution < -0.4 is 5.32 Å². The molecule has 1 amide bonds. The normalized spacial score (nSPS) is 17.8. The molecule has 0 bridgehead atoms. The number of sulfonamides is 1. The molecule has 7 heteroatoms. The Morgan fingerprint density at radius 3 is 2.72 bits per heavy atom. The third kappa shape index (κ3) is 4.97. The van der Waals surface area contributed by atoms with Gasteiger partial charge in [0.25, 0.3) is 5.91 Å². The van der Waals surface area contributed by atoms with Crippen molar-refractivity contribution in [2.45, 2.75) is 50.5 Å². The van der Waals surface area contributed by atoms with Gasteiger partial charge in [0.2, 0.25) is 10.0 Å². The molecular weight excluding hydrogens is 388 g/mol. The van der Waals surface area contributed by atoms with E-state index in [4.69, 9.17) is 0 Å². The molecule has 2 N–H and O–H groups in total. The van der Waals surface area contributed by atoms with Crippen molar-refractivity contribution in [3.05, 3.63) is 59.2 Å². The van der Waals surface area contributed by atoms with Crippen LogP contribution in [0.1, 0.15) is 47.7 Å². The van der Waals surface area contributed by atoms with Crippen molar-refractivity contribution in [1.82, 2.24) is 9.62 Å². The number of hydrogen-bond donors (Lipinski definition) is 2. The van der Waals surface area contributed by atoms with E-state index in [9.17, 15) is 18.3 Å². The van der Waals surface area contributed by atoms with E-state index in [1.165, 1.54) is 6.07 Å². The number of phenols is 1. The molecule has 6 nitrogen and oxygen atoms in total. The third-order valence-corrected chi connectivity index (χ3v) is 7.42. The topological polar surface area (TPSA) is 86.7 Å². The molecule has 1 aliphatic rings. The van der Waals surface area contributed by atoms with Crippen molar-refractivity contribution in [1.29, 1.82) is 0 Å². The molecule has 29 heavy (non-hydrogen) atoms. The molecule has 1 fully saturated rings. The van der Waals surface area contributed by atoms with Gasteiger partial charge in [-0.3, -0.25) is 4.79 Å². The van der Waals surface area contributed by atoms with E-state index in [2.05, 4.69) is 5.32 Å². The van der Waals surface area contributed by atoms with E-state index >= 15 is 0 Å². The van der Waals surface area contributed by atoms with Crippen LogP contribution in [0.5, 0.6) is 5.75 Å². The Morgan fingerprint density at radius 1 is 1.21 bits per heavy atom. The second-order valence-corrected chi connectivity index (χ2v) is 9.50. The molecule has 1 unspecified atom stereocenters. The van der Waals surface area contributed by atoms with Gasteiger partial charge in [0, 0.05) is 24.7 Å². The van der Waals surface area contributed by atoms with Crippen LogP contribution in [0, 0.1) is 6.92 Å². The number of benzene rings is 2. The highest BCUT2D eigenvalue weighted by atomic mass is 32.2. The van der Waals surface area contributed by atoms with Crippen molar-refractivity contribution >= 4 is 15.9 Å². The number of carbonyl (C=O) groups is 1. The predicted octanol–water partition coefficient (Wildman–Crippen LogP) is 3.24. The summed E-state index contributed by atoms with van der Waals surface area (Å²) in [5.41, 5.74) is 2.01. The van der Waals surface area contributed by atoms with Gasteiger partial charge in [-0.2, -0.15) is 4.31 Å². The fraction of sp³-hybridized carbons (Fsp3) is 0.409. The van der Waals surface area contributed by atoms with Crippen molar-refractivity contribution in [3.8, 4) is 5.75 Å². The van der Waals surface area contributed by atoms with Gasteiger partial charge in [-0.25, -0.2) is 8.42 Å². The molecule has 0 saturated carbocycles. The molecule has 1 atom stereocenters. The zero-order valence-electron chi connectivity index (χ0n) is 16.9. The molecule has 1 saturated heterocycles. The van der Waals surface area contributed by atoms with E-state index in [0.717, 1.165) is 30.4 Å². The quantitative estimate of drug-likeness (QED) is 0.757. The van der Waals surface area contributed by atoms with E-state index < -0.39 is 10.0 Å². The number of phenolic OH excluding ortho intramolecular Hbond substituents is 1. The third-order valence-electron chi connectivity index (χ3n) is 5.41. The maximum absolute atomic E-state index is 13.1. The Hall–Kier alpha value is -2.38. The first kappa shape index (κ1) is 21.3. The van der Waals surface area contributed by atoms with Crippen molar-refractivity contribution in [3.63, 3.8) is 0 Å². The first-order chi connectivity index (χ1) is 13.8. The molecule has 2 aromatic rings. The summed E-state index contributed by atoms with van der Waals surface area (Å²) in [6, 6.07) is 11.6. The first-order valence-electron chi connectivity index (χ1n) is 9.97. The van der Waals surface area contributed by atoms with Crippen LogP contribution >= 0.6 is 0 Å². The average Bonchev–Trinajstić information content (AvgIpc) is 2.68. The van der Waals surface area contributed by atoms with Gasteiger partial charge in [0.1, 0.15) is 5.75 Å². The van der Waals surface area contributed by atoms with Gasteiger partial charge in [-0.15, -0.1) is 0 Å². The zero-order chi connectivity index (χ0) is 21.0. The molecule has 2 aromatic carbocycles.